The molecule has 3 rings (SSSR count). The monoisotopic (exact) mass is 496 g/mol. The lowest BCUT2D eigenvalue weighted by Crippen LogP contribution is -2.40. The van der Waals surface area contributed by atoms with Crippen molar-refractivity contribution in [2.24, 2.45) is 4.99 Å². The molecule has 0 spiro atoms. The summed E-state index contributed by atoms with van der Waals surface area (Å²) in [4.78, 5) is 10.4. The van der Waals surface area contributed by atoms with Gasteiger partial charge in [0.1, 0.15) is 0 Å². The van der Waals surface area contributed by atoms with Gasteiger partial charge in [-0.3, -0.25) is 4.99 Å². The highest BCUT2D eigenvalue weighted by Gasteiger charge is 2.33. The summed E-state index contributed by atoms with van der Waals surface area (Å²) in [6.07, 6.45) is -3.03. The van der Waals surface area contributed by atoms with Crippen LogP contribution in [0.4, 0.5) is 18.9 Å². The lowest BCUT2D eigenvalue weighted by molar-refractivity contribution is -0.140. The third kappa shape index (κ3) is 4.87. The molecule has 1 aliphatic heterocycles. The Labute approximate surface area is 171 Å². The molecule has 0 saturated heterocycles. The molecule has 0 saturated carbocycles. The van der Waals surface area contributed by atoms with Gasteiger partial charge in [0, 0.05) is 37.1 Å². The number of rotatable bonds is 4. The molecule has 2 aromatic rings. The van der Waals surface area contributed by atoms with Crippen LogP contribution in [0, 0.1) is 0 Å². The molecule has 26 heavy (non-hydrogen) atoms. The van der Waals surface area contributed by atoms with Crippen molar-refractivity contribution >= 4 is 47.0 Å². The van der Waals surface area contributed by atoms with Crippen molar-refractivity contribution in [1.29, 1.82) is 0 Å². The van der Waals surface area contributed by atoms with Crippen molar-refractivity contribution in [2.75, 3.05) is 24.5 Å². The van der Waals surface area contributed by atoms with Gasteiger partial charge >= 0.3 is 6.18 Å². The Morgan fingerprint density at radius 1 is 1.35 bits per heavy atom. The molecule has 9 heteroatoms. The molecule has 0 unspecified atom stereocenters. The van der Waals surface area contributed by atoms with Gasteiger partial charge in [0.2, 0.25) is 0 Å². The Balaban J connectivity index is 0.00000243. The molecule has 0 aliphatic carbocycles. The fourth-order valence-corrected chi connectivity index (χ4v) is 3.56. The first-order chi connectivity index (χ1) is 12.0. The van der Waals surface area contributed by atoms with Gasteiger partial charge in [-0.25, -0.2) is 4.98 Å². The van der Waals surface area contributed by atoms with Gasteiger partial charge in [0.05, 0.1) is 5.01 Å². The Morgan fingerprint density at radius 2 is 2.12 bits per heavy atom. The zero-order valence-corrected chi connectivity index (χ0v) is 17.4. The van der Waals surface area contributed by atoms with E-state index < -0.39 is 11.9 Å². The van der Waals surface area contributed by atoms with Gasteiger partial charge in [-0.05, 0) is 25.0 Å². The smallest absolute Gasteiger partial charge is 0.356 e. The Kier molecular flexibility index (Phi) is 7.27. The van der Waals surface area contributed by atoms with Crippen LogP contribution in [-0.4, -0.2) is 30.6 Å². The Bertz CT molecular complexity index is 760. The standard InChI is InChI=1S/C17H19F3N4S.HI/c1-2-21-16(24-10-8-12-5-3-4-6-13(12)24)22-9-7-15-23-14(11-25-15)17(18,19)20;/h3-6,11H,2,7-10H2,1H3,(H,21,22);1H. The molecule has 0 atom stereocenters. The normalized spacial score (nSPS) is 14.2. The molecule has 1 aromatic carbocycles. The van der Waals surface area contributed by atoms with Crippen LogP contribution in [0.1, 0.15) is 23.2 Å². The summed E-state index contributed by atoms with van der Waals surface area (Å²) in [6.45, 7) is 3.97. The van der Waals surface area contributed by atoms with E-state index in [4.69, 9.17) is 0 Å². The number of alkyl halides is 3. The maximum atomic E-state index is 12.6. The predicted octanol–water partition coefficient (Wildman–Crippen LogP) is 4.35. The second-order valence-electron chi connectivity index (χ2n) is 5.64. The van der Waals surface area contributed by atoms with E-state index in [1.54, 1.807) is 0 Å². The van der Waals surface area contributed by atoms with E-state index in [9.17, 15) is 13.2 Å². The highest BCUT2D eigenvalue weighted by Crippen LogP contribution is 2.30. The molecule has 1 aliphatic rings. The van der Waals surface area contributed by atoms with Gasteiger partial charge < -0.3 is 10.2 Å². The fraction of sp³-hybridized carbons (Fsp3) is 0.412. The van der Waals surface area contributed by atoms with Crippen LogP contribution in [0.5, 0.6) is 0 Å². The summed E-state index contributed by atoms with van der Waals surface area (Å²) in [6, 6.07) is 8.18. The molecule has 1 N–H and O–H groups in total. The van der Waals surface area contributed by atoms with E-state index >= 15 is 0 Å². The molecule has 142 valence electrons. The fourth-order valence-electron chi connectivity index (χ4n) is 2.77. The van der Waals surface area contributed by atoms with Crippen LogP contribution in [0.15, 0.2) is 34.6 Å². The second-order valence-corrected chi connectivity index (χ2v) is 6.58. The lowest BCUT2D eigenvalue weighted by Gasteiger charge is -2.22. The van der Waals surface area contributed by atoms with Crippen molar-refractivity contribution in [1.82, 2.24) is 10.3 Å². The number of hydrogen-bond acceptors (Lipinski definition) is 3. The number of nitrogens with zero attached hydrogens (tertiary/aromatic N) is 3. The number of aliphatic imine (C=N–C) groups is 1. The molecular weight excluding hydrogens is 476 g/mol. The van der Waals surface area contributed by atoms with Crippen molar-refractivity contribution in [3.63, 3.8) is 0 Å². The first-order valence-electron chi connectivity index (χ1n) is 8.14. The maximum Gasteiger partial charge on any atom is 0.434 e. The van der Waals surface area contributed by atoms with E-state index in [1.807, 2.05) is 19.1 Å². The minimum absolute atomic E-state index is 0. The summed E-state index contributed by atoms with van der Waals surface area (Å²) in [5, 5.41) is 4.77. The predicted molar refractivity (Wildman–Crippen MR) is 110 cm³/mol. The highest BCUT2D eigenvalue weighted by atomic mass is 127. The minimum Gasteiger partial charge on any atom is -0.356 e. The number of thiazole rings is 1. The summed E-state index contributed by atoms with van der Waals surface area (Å²) in [7, 11) is 0. The number of aromatic nitrogens is 1. The number of benzene rings is 1. The molecule has 0 fully saturated rings. The molecule has 1 aromatic heterocycles. The van der Waals surface area contributed by atoms with Gasteiger partial charge in [-0.15, -0.1) is 35.3 Å². The molecule has 4 nitrogen and oxygen atoms in total. The number of hydrogen-bond donors (Lipinski definition) is 1. The lowest BCUT2D eigenvalue weighted by atomic mass is 10.2. The Hall–Kier alpha value is -1.36. The topological polar surface area (TPSA) is 40.5 Å². The number of para-hydroxylation sites is 1. The second kappa shape index (κ2) is 9.03. The summed E-state index contributed by atoms with van der Waals surface area (Å²) in [5.41, 5.74) is 1.59. The number of halogens is 4. The van der Waals surface area contributed by atoms with Crippen LogP contribution < -0.4 is 10.2 Å². The number of fused-ring (bicyclic) bond motifs is 1. The van der Waals surface area contributed by atoms with Crippen molar-refractivity contribution in [2.45, 2.75) is 25.9 Å². The third-order valence-electron chi connectivity index (χ3n) is 3.91. The van der Waals surface area contributed by atoms with Crippen molar-refractivity contribution < 1.29 is 13.2 Å². The number of anilines is 1. The van der Waals surface area contributed by atoms with Crippen LogP contribution in [0.3, 0.4) is 0 Å². The van der Waals surface area contributed by atoms with Crippen molar-refractivity contribution in [3.8, 4) is 0 Å². The summed E-state index contributed by atoms with van der Waals surface area (Å²) in [5.74, 6) is 0.764. The van der Waals surface area contributed by atoms with E-state index in [2.05, 4.69) is 32.3 Å². The minimum atomic E-state index is -4.38. The third-order valence-corrected chi connectivity index (χ3v) is 4.82. The van der Waals surface area contributed by atoms with E-state index in [1.165, 1.54) is 5.56 Å². The largest absolute Gasteiger partial charge is 0.434 e. The van der Waals surface area contributed by atoms with Crippen LogP contribution >= 0.6 is 35.3 Å². The van der Waals surface area contributed by atoms with E-state index in [0.717, 1.165) is 47.9 Å². The molecule has 0 amide bonds. The maximum absolute atomic E-state index is 12.6. The van der Waals surface area contributed by atoms with Crippen LogP contribution in [0.25, 0.3) is 0 Å². The quantitative estimate of drug-likeness (QED) is 0.389. The van der Waals surface area contributed by atoms with E-state index in [-0.39, 0.29) is 24.0 Å². The molecule has 0 radical (unpaired) electrons. The zero-order valence-electron chi connectivity index (χ0n) is 14.2. The van der Waals surface area contributed by atoms with E-state index in [0.29, 0.717) is 18.0 Å². The van der Waals surface area contributed by atoms with Gasteiger partial charge in [0.15, 0.2) is 11.7 Å². The number of guanidine groups is 1. The SMILES string of the molecule is CCNC(=NCCc1nc(C(F)(F)F)cs1)N1CCc2ccccc21.I. The van der Waals surface area contributed by atoms with Gasteiger partial charge in [-0.2, -0.15) is 13.2 Å². The van der Waals surface area contributed by atoms with Gasteiger partial charge in [0.25, 0.3) is 0 Å². The first kappa shape index (κ1) is 20.9. The van der Waals surface area contributed by atoms with Crippen LogP contribution in [-0.2, 0) is 19.0 Å². The average Bonchev–Trinajstić information content (AvgIpc) is 3.21. The van der Waals surface area contributed by atoms with Crippen LogP contribution in [0.2, 0.25) is 0 Å². The molecule has 2 heterocycles. The molecular formula is C17H20F3IN4S. The average molecular weight is 496 g/mol. The summed E-state index contributed by atoms with van der Waals surface area (Å²) < 4.78 is 37.8. The number of nitrogens with one attached hydrogen (secondary N) is 1. The first-order valence-corrected chi connectivity index (χ1v) is 9.02. The summed E-state index contributed by atoms with van der Waals surface area (Å²) >= 11 is 1.03. The molecule has 0 bridgehead atoms. The highest BCUT2D eigenvalue weighted by molar-refractivity contribution is 14.0. The zero-order chi connectivity index (χ0) is 17.9. The Morgan fingerprint density at radius 3 is 2.81 bits per heavy atom. The van der Waals surface area contributed by atoms with Crippen molar-refractivity contribution in [3.05, 3.63) is 45.9 Å². The van der Waals surface area contributed by atoms with Gasteiger partial charge in [-0.1, -0.05) is 18.2 Å².